The van der Waals surface area contributed by atoms with Gasteiger partial charge < -0.3 is 10.1 Å². The predicted octanol–water partition coefficient (Wildman–Crippen LogP) is 3.97. The Kier molecular flexibility index (Phi) is 3.66. The zero-order valence-electron chi connectivity index (χ0n) is 13.1. The van der Waals surface area contributed by atoms with Gasteiger partial charge in [0.1, 0.15) is 5.75 Å². The molecule has 2 aliphatic carbocycles. The summed E-state index contributed by atoms with van der Waals surface area (Å²) in [5, 5.41) is 3.77. The molecule has 1 heterocycles. The van der Waals surface area contributed by atoms with E-state index >= 15 is 0 Å². The van der Waals surface area contributed by atoms with E-state index in [2.05, 4.69) is 36.5 Å². The highest BCUT2D eigenvalue weighted by Crippen LogP contribution is 2.51. The third kappa shape index (κ3) is 2.48. The summed E-state index contributed by atoms with van der Waals surface area (Å²) in [5.74, 6) is 4.68. The fourth-order valence-electron chi connectivity index (χ4n) is 5.16. The van der Waals surface area contributed by atoms with Crippen LogP contribution in [0.15, 0.2) is 24.3 Å². The predicted molar refractivity (Wildman–Crippen MR) is 85.7 cm³/mol. The Balaban J connectivity index is 1.50. The maximum Gasteiger partial charge on any atom is 0.122 e. The first-order valence-corrected chi connectivity index (χ1v) is 8.80. The molecule has 4 rings (SSSR count). The number of hydrogen-bond acceptors (Lipinski definition) is 2. The first-order valence-electron chi connectivity index (χ1n) is 8.80. The highest BCUT2D eigenvalue weighted by molar-refractivity contribution is 5.40. The van der Waals surface area contributed by atoms with Crippen molar-refractivity contribution in [2.45, 2.75) is 51.0 Å². The summed E-state index contributed by atoms with van der Waals surface area (Å²) in [4.78, 5) is 0. The van der Waals surface area contributed by atoms with Gasteiger partial charge in [0, 0.05) is 17.5 Å². The van der Waals surface area contributed by atoms with Gasteiger partial charge in [0.15, 0.2) is 0 Å². The van der Waals surface area contributed by atoms with Crippen LogP contribution >= 0.6 is 0 Å². The second-order valence-corrected chi connectivity index (χ2v) is 7.29. The van der Waals surface area contributed by atoms with Crippen LogP contribution in [0.25, 0.3) is 0 Å². The third-order valence-electron chi connectivity index (χ3n) is 6.13. The average molecular weight is 285 g/mol. The van der Waals surface area contributed by atoms with Gasteiger partial charge in [-0.25, -0.2) is 0 Å². The number of benzene rings is 1. The van der Waals surface area contributed by atoms with Crippen LogP contribution in [0.3, 0.4) is 0 Å². The van der Waals surface area contributed by atoms with Crippen molar-refractivity contribution < 1.29 is 4.74 Å². The summed E-state index contributed by atoms with van der Waals surface area (Å²) in [7, 11) is 0. The fourth-order valence-corrected chi connectivity index (χ4v) is 5.16. The van der Waals surface area contributed by atoms with Crippen molar-refractivity contribution in [3.8, 4) is 5.75 Å². The molecule has 3 aliphatic rings. The smallest absolute Gasteiger partial charge is 0.122 e. The molecule has 1 aromatic carbocycles. The van der Waals surface area contributed by atoms with Gasteiger partial charge in [-0.05, 0) is 56.0 Å². The summed E-state index contributed by atoms with van der Waals surface area (Å²) in [6.45, 7) is 4.15. The number of rotatable bonds is 5. The van der Waals surface area contributed by atoms with Crippen molar-refractivity contribution in [2.75, 3.05) is 13.2 Å². The lowest BCUT2D eigenvalue weighted by molar-refractivity contribution is 0.238. The van der Waals surface area contributed by atoms with Crippen LogP contribution in [-0.4, -0.2) is 19.2 Å². The van der Waals surface area contributed by atoms with Crippen LogP contribution in [0.4, 0.5) is 0 Å². The first-order chi connectivity index (χ1) is 10.3. The molecule has 0 amide bonds. The van der Waals surface area contributed by atoms with E-state index in [1.807, 2.05) is 0 Å². The molecule has 2 saturated carbocycles. The number of ether oxygens (including phenoxy) is 1. The second kappa shape index (κ2) is 5.64. The zero-order valence-corrected chi connectivity index (χ0v) is 13.1. The molecule has 2 heteroatoms. The van der Waals surface area contributed by atoms with Crippen LogP contribution in [0.5, 0.6) is 5.75 Å². The first kappa shape index (κ1) is 13.6. The molecular formula is C19H27NO. The standard InChI is InChI=1S/C19H27NO/c1-2-20-18(11-15-10-13-7-8-14(15)9-13)17-12-21-19-6-4-3-5-16(17)19/h3-6,13-15,17-18,20H,2,7-12H2,1H3. The Morgan fingerprint density at radius 2 is 2.14 bits per heavy atom. The summed E-state index contributed by atoms with van der Waals surface area (Å²) < 4.78 is 5.92. The van der Waals surface area contributed by atoms with Crippen LogP contribution in [0.2, 0.25) is 0 Å². The number of fused-ring (bicyclic) bond motifs is 3. The molecule has 0 spiro atoms. The Morgan fingerprint density at radius 3 is 2.90 bits per heavy atom. The van der Waals surface area contributed by atoms with Crippen molar-refractivity contribution in [1.82, 2.24) is 5.32 Å². The van der Waals surface area contributed by atoms with Crippen LogP contribution in [-0.2, 0) is 0 Å². The summed E-state index contributed by atoms with van der Waals surface area (Å²) in [5.41, 5.74) is 1.42. The SMILES string of the molecule is CCNC(CC1CC2CCC1C2)C1COc2ccccc21. The van der Waals surface area contributed by atoms with Gasteiger partial charge in [-0.1, -0.05) is 31.5 Å². The quantitative estimate of drug-likeness (QED) is 0.884. The Labute approximate surface area is 128 Å². The molecule has 21 heavy (non-hydrogen) atoms. The van der Waals surface area contributed by atoms with Gasteiger partial charge in [-0.3, -0.25) is 0 Å². The summed E-state index contributed by atoms with van der Waals surface area (Å²) in [6.07, 6.45) is 7.34. The van der Waals surface area contributed by atoms with E-state index in [-0.39, 0.29) is 0 Å². The highest BCUT2D eigenvalue weighted by Gasteiger charge is 2.42. The lowest BCUT2D eigenvalue weighted by Gasteiger charge is -2.30. The average Bonchev–Trinajstić information content (AvgIpc) is 3.21. The third-order valence-corrected chi connectivity index (χ3v) is 6.13. The molecule has 1 aromatic rings. The maximum absolute atomic E-state index is 5.92. The van der Waals surface area contributed by atoms with Crippen molar-refractivity contribution >= 4 is 0 Å². The van der Waals surface area contributed by atoms with Crippen molar-refractivity contribution in [2.24, 2.45) is 17.8 Å². The number of hydrogen-bond donors (Lipinski definition) is 1. The molecule has 2 fully saturated rings. The van der Waals surface area contributed by atoms with Gasteiger partial charge in [0.2, 0.25) is 0 Å². The van der Waals surface area contributed by atoms with Crippen LogP contribution in [0, 0.1) is 17.8 Å². The van der Waals surface area contributed by atoms with E-state index < -0.39 is 0 Å². The summed E-state index contributed by atoms with van der Waals surface area (Å²) in [6, 6.07) is 9.21. The maximum atomic E-state index is 5.92. The van der Waals surface area contributed by atoms with Gasteiger partial charge in [0.25, 0.3) is 0 Å². The van der Waals surface area contributed by atoms with Crippen molar-refractivity contribution in [1.29, 1.82) is 0 Å². The monoisotopic (exact) mass is 285 g/mol. The normalized spacial score (nSPS) is 34.7. The van der Waals surface area contributed by atoms with Crippen LogP contribution in [0.1, 0.15) is 50.5 Å². The summed E-state index contributed by atoms with van der Waals surface area (Å²) >= 11 is 0. The Hall–Kier alpha value is -1.02. The number of nitrogens with one attached hydrogen (secondary N) is 1. The van der Waals surface area contributed by atoms with E-state index in [1.54, 1.807) is 0 Å². The molecular weight excluding hydrogens is 258 g/mol. The molecule has 1 aliphatic heterocycles. The van der Waals surface area contributed by atoms with Crippen molar-refractivity contribution in [3.63, 3.8) is 0 Å². The number of para-hydroxylation sites is 1. The van der Waals surface area contributed by atoms with E-state index in [0.29, 0.717) is 12.0 Å². The molecule has 114 valence electrons. The molecule has 2 nitrogen and oxygen atoms in total. The molecule has 5 atom stereocenters. The van der Waals surface area contributed by atoms with Gasteiger partial charge in [-0.2, -0.15) is 0 Å². The van der Waals surface area contributed by atoms with Crippen LogP contribution < -0.4 is 10.1 Å². The minimum Gasteiger partial charge on any atom is -0.493 e. The molecule has 0 saturated heterocycles. The fraction of sp³-hybridized carbons (Fsp3) is 0.684. The van der Waals surface area contributed by atoms with E-state index in [0.717, 1.165) is 36.7 Å². The van der Waals surface area contributed by atoms with Gasteiger partial charge in [-0.15, -0.1) is 0 Å². The molecule has 0 aromatic heterocycles. The second-order valence-electron chi connectivity index (χ2n) is 7.29. The molecule has 2 bridgehead atoms. The van der Waals surface area contributed by atoms with E-state index in [1.165, 1.54) is 37.7 Å². The van der Waals surface area contributed by atoms with Gasteiger partial charge in [0.05, 0.1) is 6.61 Å². The molecule has 1 N–H and O–H groups in total. The van der Waals surface area contributed by atoms with E-state index in [9.17, 15) is 0 Å². The zero-order chi connectivity index (χ0) is 14.2. The topological polar surface area (TPSA) is 21.3 Å². The Morgan fingerprint density at radius 1 is 1.24 bits per heavy atom. The lowest BCUT2D eigenvalue weighted by Crippen LogP contribution is -2.38. The minimum atomic E-state index is 0.542. The molecule has 5 unspecified atom stereocenters. The molecule has 0 radical (unpaired) electrons. The highest BCUT2D eigenvalue weighted by atomic mass is 16.5. The minimum absolute atomic E-state index is 0.542. The van der Waals surface area contributed by atoms with Gasteiger partial charge >= 0.3 is 0 Å². The lowest BCUT2D eigenvalue weighted by atomic mass is 9.80. The Bertz CT molecular complexity index is 500. The largest absolute Gasteiger partial charge is 0.493 e. The number of likely N-dealkylation sites (N-methyl/N-ethyl adjacent to an activating group) is 1. The van der Waals surface area contributed by atoms with E-state index in [4.69, 9.17) is 4.74 Å². The van der Waals surface area contributed by atoms with Crippen molar-refractivity contribution in [3.05, 3.63) is 29.8 Å².